The van der Waals surface area contributed by atoms with Crippen LogP contribution in [0.2, 0.25) is 0 Å². The Morgan fingerprint density at radius 3 is 2.61 bits per heavy atom. The van der Waals surface area contributed by atoms with Gasteiger partial charge in [0.25, 0.3) is 5.69 Å². The molecule has 33 heavy (non-hydrogen) atoms. The van der Waals surface area contributed by atoms with E-state index in [9.17, 15) is 19.7 Å². The van der Waals surface area contributed by atoms with Gasteiger partial charge in [0, 0.05) is 23.1 Å². The summed E-state index contributed by atoms with van der Waals surface area (Å²) in [5.41, 5.74) is -0.601. The molecule has 0 radical (unpaired) electrons. The number of carbonyl (C=O) groups is 1. The van der Waals surface area contributed by atoms with Gasteiger partial charge in [0.1, 0.15) is 17.8 Å². The number of fused-ring (bicyclic) bond motifs is 3. The normalized spacial score (nSPS) is 10.8. The molecule has 0 aliphatic carbocycles. The smallest absolute Gasteiger partial charge is 0.345 e. The number of nitro benzene ring substituents is 1. The zero-order chi connectivity index (χ0) is 23.5. The molecule has 168 valence electrons. The molecule has 0 aliphatic rings. The van der Waals surface area contributed by atoms with Gasteiger partial charge < -0.3 is 18.6 Å². The van der Waals surface area contributed by atoms with E-state index in [1.54, 1.807) is 13.0 Å². The number of nitro groups is 1. The third-order valence-electron chi connectivity index (χ3n) is 5.07. The van der Waals surface area contributed by atoms with Crippen LogP contribution in [0.15, 0.2) is 63.8 Å². The first kappa shape index (κ1) is 21.8. The van der Waals surface area contributed by atoms with Gasteiger partial charge in [0.05, 0.1) is 24.7 Å². The maximum atomic E-state index is 12.9. The molecule has 0 N–H and O–H groups in total. The monoisotopic (exact) mass is 449 g/mol. The molecular weight excluding hydrogens is 430 g/mol. The van der Waals surface area contributed by atoms with Crippen LogP contribution in [0.5, 0.6) is 11.5 Å². The Bertz CT molecular complexity index is 1440. The molecule has 4 rings (SSSR count). The van der Waals surface area contributed by atoms with Crippen molar-refractivity contribution >= 4 is 33.4 Å². The summed E-state index contributed by atoms with van der Waals surface area (Å²) in [6.07, 6.45) is 0. The topological polar surface area (TPSA) is 118 Å². The Labute approximate surface area is 187 Å². The summed E-state index contributed by atoms with van der Waals surface area (Å²) < 4.78 is 21.3. The second-order valence-electron chi connectivity index (χ2n) is 7.04. The van der Waals surface area contributed by atoms with Crippen LogP contribution in [0.4, 0.5) is 5.69 Å². The van der Waals surface area contributed by atoms with Gasteiger partial charge in [-0.05, 0) is 23.8 Å². The summed E-state index contributed by atoms with van der Waals surface area (Å²) in [5, 5.41) is 13.9. The first-order chi connectivity index (χ1) is 15.9. The van der Waals surface area contributed by atoms with Crippen molar-refractivity contribution in [3.05, 3.63) is 86.3 Å². The first-order valence-corrected chi connectivity index (χ1v) is 10.0. The number of hydrogen-bond donors (Lipinski definition) is 0. The fraction of sp³-hybridized carbons (Fsp3) is 0.167. The highest BCUT2D eigenvalue weighted by molar-refractivity contribution is 6.07. The predicted molar refractivity (Wildman–Crippen MR) is 120 cm³/mol. The molecule has 1 heterocycles. The Kier molecular flexibility index (Phi) is 5.95. The fourth-order valence-electron chi connectivity index (χ4n) is 3.65. The summed E-state index contributed by atoms with van der Waals surface area (Å²) in [6.45, 7) is 1.71. The van der Waals surface area contributed by atoms with Crippen molar-refractivity contribution in [3.63, 3.8) is 0 Å². The molecule has 4 aromatic rings. The van der Waals surface area contributed by atoms with Crippen LogP contribution in [-0.2, 0) is 11.3 Å². The highest BCUT2D eigenvalue weighted by Gasteiger charge is 2.26. The van der Waals surface area contributed by atoms with Crippen LogP contribution in [-0.4, -0.2) is 24.6 Å². The highest BCUT2D eigenvalue weighted by atomic mass is 16.6. The van der Waals surface area contributed by atoms with Crippen LogP contribution in [0.1, 0.15) is 22.8 Å². The molecule has 3 aromatic carbocycles. The third-order valence-corrected chi connectivity index (χ3v) is 5.07. The van der Waals surface area contributed by atoms with Crippen LogP contribution >= 0.6 is 0 Å². The van der Waals surface area contributed by atoms with Gasteiger partial charge in [-0.2, -0.15) is 0 Å². The maximum absolute atomic E-state index is 12.9. The lowest BCUT2D eigenvalue weighted by Crippen LogP contribution is -2.11. The minimum absolute atomic E-state index is 0.123. The Morgan fingerprint density at radius 1 is 1.09 bits per heavy atom. The third kappa shape index (κ3) is 4.20. The standard InChI is InChI=1S/C24H19NO8/c1-3-31-21-11-17(18(25(28)29)12-20(21)30-2)24(27)32-13-15-10-22(26)33-19-9-8-14-6-4-5-7-16(14)23(15)19/h4-12H,3,13H2,1-2H3. The molecule has 0 atom stereocenters. The molecule has 0 saturated heterocycles. The predicted octanol–water partition coefficient (Wildman–Crippen LogP) is 4.62. The number of esters is 1. The Hall–Kier alpha value is -4.40. The van der Waals surface area contributed by atoms with Gasteiger partial charge in [-0.25, -0.2) is 9.59 Å². The molecule has 0 saturated carbocycles. The van der Waals surface area contributed by atoms with Crippen molar-refractivity contribution < 1.29 is 28.3 Å². The lowest BCUT2D eigenvalue weighted by Gasteiger charge is -2.12. The molecule has 1 aromatic heterocycles. The van der Waals surface area contributed by atoms with E-state index in [0.717, 1.165) is 16.8 Å². The number of ether oxygens (including phenoxy) is 3. The fourth-order valence-corrected chi connectivity index (χ4v) is 3.65. The van der Waals surface area contributed by atoms with Crippen LogP contribution in [0.25, 0.3) is 21.7 Å². The second kappa shape index (κ2) is 8.99. The Morgan fingerprint density at radius 2 is 1.88 bits per heavy atom. The molecule has 0 aliphatic heterocycles. The van der Waals surface area contributed by atoms with Crippen molar-refractivity contribution in [1.29, 1.82) is 0 Å². The van der Waals surface area contributed by atoms with E-state index in [1.165, 1.54) is 19.2 Å². The van der Waals surface area contributed by atoms with Crippen molar-refractivity contribution in [2.75, 3.05) is 13.7 Å². The zero-order valence-corrected chi connectivity index (χ0v) is 17.8. The summed E-state index contributed by atoms with van der Waals surface area (Å²) in [5.74, 6) is -0.639. The average molecular weight is 449 g/mol. The van der Waals surface area contributed by atoms with E-state index in [0.29, 0.717) is 16.5 Å². The lowest BCUT2D eigenvalue weighted by molar-refractivity contribution is -0.385. The molecule has 0 bridgehead atoms. The SMILES string of the molecule is CCOc1cc(C(=O)OCc2cc(=O)oc3ccc4ccccc4c23)c([N+](=O)[O-])cc1OC. The van der Waals surface area contributed by atoms with Crippen molar-refractivity contribution in [3.8, 4) is 11.5 Å². The van der Waals surface area contributed by atoms with Crippen molar-refractivity contribution in [2.24, 2.45) is 0 Å². The number of carbonyl (C=O) groups excluding carboxylic acids is 1. The largest absolute Gasteiger partial charge is 0.493 e. The maximum Gasteiger partial charge on any atom is 0.345 e. The quantitative estimate of drug-likeness (QED) is 0.132. The number of benzene rings is 3. The molecule has 0 amide bonds. The van der Waals surface area contributed by atoms with Gasteiger partial charge in [0.2, 0.25) is 0 Å². The molecule has 0 spiro atoms. The number of nitrogens with zero attached hydrogens (tertiary/aromatic N) is 1. The van der Waals surface area contributed by atoms with Gasteiger partial charge >= 0.3 is 11.6 Å². The van der Waals surface area contributed by atoms with Crippen LogP contribution < -0.4 is 15.1 Å². The van der Waals surface area contributed by atoms with E-state index in [-0.39, 0.29) is 30.3 Å². The van der Waals surface area contributed by atoms with E-state index in [1.807, 2.05) is 30.3 Å². The number of methoxy groups -OCH3 is 1. The molecule has 0 fully saturated rings. The average Bonchev–Trinajstić information content (AvgIpc) is 2.81. The summed E-state index contributed by atoms with van der Waals surface area (Å²) >= 11 is 0. The summed E-state index contributed by atoms with van der Waals surface area (Å²) in [4.78, 5) is 35.8. The molecule has 9 nitrogen and oxygen atoms in total. The van der Waals surface area contributed by atoms with E-state index in [4.69, 9.17) is 18.6 Å². The van der Waals surface area contributed by atoms with Crippen molar-refractivity contribution in [1.82, 2.24) is 0 Å². The van der Waals surface area contributed by atoms with Gasteiger partial charge in [-0.1, -0.05) is 30.3 Å². The molecule has 0 unspecified atom stereocenters. The highest BCUT2D eigenvalue weighted by Crippen LogP contribution is 2.35. The van der Waals surface area contributed by atoms with Gasteiger partial charge in [-0.15, -0.1) is 0 Å². The number of rotatable bonds is 7. The van der Waals surface area contributed by atoms with Gasteiger partial charge in [-0.3, -0.25) is 10.1 Å². The van der Waals surface area contributed by atoms with Crippen LogP contribution in [0, 0.1) is 10.1 Å². The van der Waals surface area contributed by atoms with E-state index >= 15 is 0 Å². The molecule has 9 heteroatoms. The Balaban J connectivity index is 1.74. The van der Waals surface area contributed by atoms with E-state index in [2.05, 4.69) is 0 Å². The minimum Gasteiger partial charge on any atom is -0.493 e. The first-order valence-electron chi connectivity index (χ1n) is 10.0. The minimum atomic E-state index is -0.938. The number of hydrogen-bond acceptors (Lipinski definition) is 8. The summed E-state index contributed by atoms with van der Waals surface area (Å²) in [6, 6.07) is 14.6. The molecular formula is C24H19NO8. The van der Waals surface area contributed by atoms with Gasteiger partial charge in [0.15, 0.2) is 11.5 Å². The van der Waals surface area contributed by atoms with E-state index < -0.39 is 22.2 Å². The van der Waals surface area contributed by atoms with Crippen molar-refractivity contribution in [2.45, 2.75) is 13.5 Å². The second-order valence-corrected chi connectivity index (χ2v) is 7.04. The summed E-state index contributed by atoms with van der Waals surface area (Å²) in [7, 11) is 1.34. The lowest BCUT2D eigenvalue weighted by atomic mass is 10.0. The van der Waals surface area contributed by atoms with Crippen LogP contribution in [0.3, 0.4) is 0 Å². The zero-order valence-electron chi connectivity index (χ0n) is 17.8.